The van der Waals surface area contributed by atoms with E-state index >= 15 is 0 Å². The summed E-state index contributed by atoms with van der Waals surface area (Å²) in [5.74, 6) is 0.202. The van der Waals surface area contributed by atoms with Crippen molar-refractivity contribution in [2.75, 3.05) is 20.3 Å². The monoisotopic (exact) mass is 273 g/mol. The molecule has 0 aliphatic rings. The largest absolute Gasteiger partial charge is 0.481 e. The summed E-state index contributed by atoms with van der Waals surface area (Å²) in [7, 11) is 1.55. The molecular formula is C14H15N3O3. The number of carbonyl (C=O) groups is 1. The smallest absolute Gasteiger partial charge is 0.269 e. The van der Waals surface area contributed by atoms with Gasteiger partial charge in [-0.15, -0.1) is 0 Å². The average Bonchev–Trinajstić information content (AvgIpc) is 2.52. The Hall–Kier alpha value is -2.47. The van der Waals surface area contributed by atoms with Crippen molar-refractivity contribution in [3.05, 3.63) is 42.2 Å². The summed E-state index contributed by atoms with van der Waals surface area (Å²) in [5, 5.41) is 11.2. The predicted octanol–water partition coefficient (Wildman–Crippen LogP) is 0.874. The van der Waals surface area contributed by atoms with Gasteiger partial charge in [-0.3, -0.25) is 4.79 Å². The maximum atomic E-state index is 11.8. The number of methoxy groups -OCH3 is 1. The lowest BCUT2D eigenvalue weighted by molar-refractivity contribution is 0.0940. The first-order chi connectivity index (χ1) is 9.74. The van der Waals surface area contributed by atoms with Gasteiger partial charge in [-0.25, -0.2) is 9.97 Å². The van der Waals surface area contributed by atoms with Gasteiger partial charge in [0, 0.05) is 24.4 Å². The van der Waals surface area contributed by atoms with Crippen LogP contribution in [0.2, 0.25) is 0 Å². The molecule has 1 amide bonds. The molecule has 6 nitrogen and oxygen atoms in total. The normalized spacial score (nSPS) is 10.1. The summed E-state index contributed by atoms with van der Waals surface area (Å²) in [5.41, 5.74) is 1.74. The van der Waals surface area contributed by atoms with Gasteiger partial charge in [-0.1, -0.05) is 6.07 Å². The maximum absolute atomic E-state index is 11.8. The molecule has 0 aliphatic heterocycles. The Bertz CT molecular complexity index is 584. The first kappa shape index (κ1) is 14.0. The summed E-state index contributed by atoms with van der Waals surface area (Å²) in [6, 6.07) is 8.72. The lowest BCUT2D eigenvalue weighted by Gasteiger charge is -2.05. The molecule has 2 aromatic rings. The first-order valence-electron chi connectivity index (χ1n) is 6.11. The Kier molecular flexibility index (Phi) is 4.62. The third kappa shape index (κ3) is 3.30. The number of hydrogen-bond acceptors (Lipinski definition) is 5. The molecular weight excluding hydrogens is 258 g/mol. The second kappa shape index (κ2) is 6.63. The van der Waals surface area contributed by atoms with Crippen LogP contribution in [0.4, 0.5) is 0 Å². The molecule has 2 heterocycles. The summed E-state index contributed by atoms with van der Waals surface area (Å²) >= 11 is 0. The molecule has 6 heteroatoms. The summed E-state index contributed by atoms with van der Waals surface area (Å²) < 4.78 is 4.99. The van der Waals surface area contributed by atoms with E-state index in [1.165, 1.54) is 0 Å². The van der Waals surface area contributed by atoms with Crippen LogP contribution in [-0.4, -0.2) is 41.2 Å². The highest BCUT2D eigenvalue weighted by Gasteiger charge is 2.08. The van der Waals surface area contributed by atoms with Crippen molar-refractivity contribution < 1.29 is 14.6 Å². The number of carbonyl (C=O) groups excluding carboxylic acids is 1. The van der Waals surface area contributed by atoms with Gasteiger partial charge < -0.3 is 15.2 Å². The van der Waals surface area contributed by atoms with Gasteiger partial charge >= 0.3 is 0 Å². The Morgan fingerprint density at radius 2 is 2.20 bits per heavy atom. The van der Waals surface area contributed by atoms with E-state index in [0.717, 1.165) is 5.56 Å². The third-order valence-electron chi connectivity index (χ3n) is 2.62. The summed E-state index contributed by atoms with van der Waals surface area (Å²) in [6.45, 7) is 0.0999. The zero-order valence-corrected chi connectivity index (χ0v) is 11.0. The Labute approximate surface area is 116 Å². The molecule has 2 aromatic heterocycles. The van der Waals surface area contributed by atoms with Gasteiger partial charge in [0.1, 0.15) is 5.69 Å². The number of hydrogen-bond donors (Lipinski definition) is 2. The fourth-order valence-corrected chi connectivity index (χ4v) is 1.63. The molecule has 0 bridgehead atoms. The predicted molar refractivity (Wildman–Crippen MR) is 73.4 cm³/mol. The number of aliphatic hydroxyl groups excluding tert-OH is 1. The fraction of sp³-hybridized carbons (Fsp3) is 0.214. The van der Waals surface area contributed by atoms with Crippen LogP contribution in [0.1, 0.15) is 10.5 Å². The van der Waals surface area contributed by atoms with Crippen molar-refractivity contribution in [2.45, 2.75) is 0 Å². The molecule has 0 atom stereocenters. The van der Waals surface area contributed by atoms with Crippen molar-refractivity contribution in [3.8, 4) is 17.1 Å². The van der Waals surface area contributed by atoms with Gasteiger partial charge in [0.15, 0.2) is 0 Å². The number of rotatable bonds is 5. The highest BCUT2D eigenvalue weighted by Crippen LogP contribution is 2.18. The van der Waals surface area contributed by atoms with Crippen LogP contribution in [0.3, 0.4) is 0 Å². The van der Waals surface area contributed by atoms with E-state index in [9.17, 15) is 4.79 Å². The van der Waals surface area contributed by atoms with Gasteiger partial charge in [0.2, 0.25) is 5.88 Å². The maximum Gasteiger partial charge on any atom is 0.269 e. The number of pyridine rings is 2. The van der Waals surface area contributed by atoms with E-state index in [4.69, 9.17) is 9.84 Å². The van der Waals surface area contributed by atoms with Crippen LogP contribution in [0, 0.1) is 0 Å². The van der Waals surface area contributed by atoms with Crippen LogP contribution < -0.4 is 10.1 Å². The van der Waals surface area contributed by atoms with Crippen molar-refractivity contribution in [1.82, 2.24) is 15.3 Å². The van der Waals surface area contributed by atoms with Crippen molar-refractivity contribution in [1.29, 1.82) is 0 Å². The third-order valence-corrected chi connectivity index (χ3v) is 2.62. The Balaban J connectivity index is 2.22. The fourth-order valence-electron chi connectivity index (χ4n) is 1.63. The first-order valence-corrected chi connectivity index (χ1v) is 6.11. The van der Waals surface area contributed by atoms with Gasteiger partial charge in [0.25, 0.3) is 5.91 Å². The average molecular weight is 273 g/mol. The molecule has 0 fully saturated rings. The highest BCUT2D eigenvalue weighted by atomic mass is 16.5. The lowest BCUT2D eigenvalue weighted by Crippen LogP contribution is -2.27. The molecule has 2 rings (SSSR count). The number of nitrogens with zero attached hydrogens (tertiary/aromatic N) is 2. The molecule has 0 spiro atoms. The molecule has 0 aromatic carbocycles. The molecule has 2 N–H and O–H groups in total. The van der Waals surface area contributed by atoms with Crippen molar-refractivity contribution >= 4 is 5.91 Å². The number of aromatic nitrogens is 2. The van der Waals surface area contributed by atoms with Crippen molar-refractivity contribution in [3.63, 3.8) is 0 Å². The van der Waals surface area contributed by atoms with E-state index < -0.39 is 0 Å². The van der Waals surface area contributed by atoms with Crippen LogP contribution in [0.5, 0.6) is 5.88 Å². The van der Waals surface area contributed by atoms with Crippen LogP contribution in [0.15, 0.2) is 36.5 Å². The molecule has 0 radical (unpaired) electrons. The molecule has 0 aliphatic carbocycles. The Morgan fingerprint density at radius 3 is 2.85 bits per heavy atom. The highest BCUT2D eigenvalue weighted by molar-refractivity contribution is 5.92. The van der Waals surface area contributed by atoms with Crippen LogP contribution in [0.25, 0.3) is 11.3 Å². The lowest BCUT2D eigenvalue weighted by atomic mass is 10.2. The zero-order chi connectivity index (χ0) is 14.4. The standard InChI is InChI=1S/C14H15N3O3/c1-20-13-6-5-10(9-16-13)11-3-2-4-12(17-11)14(19)15-7-8-18/h2-6,9,18H,7-8H2,1H3,(H,15,19). The van der Waals surface area contributed by atoms with E-state index in [1.807, 2.05) is 6.07 Å². The second-order valence-electron chi connectivity index (χ2n) is 3.98. The van der Waals surface area contributed by atoms with Gasteiger partial charge in [-0.05, 0) is 18.2 Å². The minimum absolute atomic E-state index is 0.103. The second-order valence-corrected chi connectivity index (χ2v) is 3.98. The van der Waals surface area contributed by atoms with E-state index in [0.29, 0.717) is 17.3 Å². The van der Waals surface area contributed by atoms with E-state index in [1.54, 1.807) is 37.6 Å². The number of nitrogens with one attached hydrogen (secondary N) is 1. The van der Waals surface area contributed by atoms with E-state index in [2.05, 4.69) is 15.3 Å². The van der Waals surface area contributed by atoms with Gasteiger partial charge in [0.05, 0.1) is 19.4 Å². The molecule has 0 saturated carbocycles. The summed E-state index contributed by atoms with van der Waals surface area (Å²) in [4.78, 5) is 20.1. The number of amides is 1. The minimum atomic E-state index is -0.317. The van der Waals surface area contributed by atoms with Crippen molar-refractivity contribution in [2.24, 2.45) is 0 Å². The molecule has 104 valence electrons. The van der Waals surface area contributed by atoms with Crippen LogP contribution in [-0.2, 0) is 0 Å². The topological polar surface area (TPSA) is 84.3 Å². The van der Waals surface area contributed by atoms with Crippen LogP contribution >= 0.6 is 0 Å². The summed E-state index contributed by atoms with van der Waals surface area (Å²) in [6.07, 6.45) is 1.64. The molecule has 20 heavy (non-hydrogen) atoms. The van der Waals surface area contributed by atoms with Gasteiger partial charge in [-0.2, -0.15) is 0 Å². The molecule has 0 saturated heterocycles. The zero-order valence-electron chi connectivity index (χ0n) is 11.0. The quantitative estimate of drug-likeness (QED) is 0.844. The number of ether oxygens (including phenoxy) is 1. The minimum Gasteiger partial charge on any atom is -0.481 e. The molecule has 0 unspecified atom stereocenters. The number of aliphatic hydroxyl groups is 1. The Morgan fingerprint density at radius 1 is 1.35 bits per heavy atom. The van der Waals surface area contributed by atoms with E-state index in [-0.39, 0.29) is 19.1 Å². The SMILES string of the molecule is COc1ccc(-c2cccc(C(=O)NCCO)n2)cn1.